The van der Waals surface area contributed by atoms with Gasteiger partial charge >= 0.3 is 11.9 Å². The van der Waals surface area contributed by atoms with Crippen molar-refractivity contribution in [1.82, 2.24) is 10.6 Å². The number of rotatable bonds is 13. The van der Waals surface area contributed by atoms with E-state index in [1.54, 1.807) is 30.3 Å². The summed E-state index contributed by atoms with van der Waals surface area (Å²) in [5.74, 6) is -2.94. The summed E-state index contributed by atoms with van der Waals surface area (Å²) < 4.78 is 0. The van der Waals surface area contributed by atoms with Crippen LogP contribution in [-0.4, -0.2) is 51.8 Å². The first-order valence-corrected chi connectivity index (χ1v) is 11.4. The highest BCUT2D eigenvalue weighted by atomic mass is 32.2. The Hall–Kier alpha value is -3.37. The van der Waals surface area contributed by atoms with Crippen molar-refractivity contribution < 1.29 is 29.4 Å². The summed E-state index contributed by atoms with van der Waals surface area (Å²) in [6, 6.07) is 14.3. The number of carboxylic acids is 2. The van der Waals surface area contributed by atoms with E-state index < -0.39 is 41.9 Å². The fourth-order valence-corrected chi connectivity index (χ4v) is 3.93. The van der Waals surface area contributed by atoms with Crippen LogP contribution in [0.3, 0.4) is 0 Å². The molecule has 33 heavy (non-hydrogen) atoms. The summed E-state index contributed by atoms with van der Waals surface area (Å²) >= 11 is 1.39. The van der Waals surface area contributed by atoms with E-state index in [1.165, 1.54) is 11.8 Å². The van der Waals surface area contributed by atoms with E-state index in [9.17, 15) is 24.3 Å². The highest BCUT2D eigenvalue weighted by Gasteiger charge is 2.29. The van der Waals surface area contributed by atoms with E-state index in [-0.39, 0.29) is 18.6 Å². The average molecular weight is 474 g/mol. The highest BCUT2D eigenvalue weighted by Crippen LogP contribution is 2.16. The molecule has 0 aliphatic rings. The Kier molecular flexibility index (Phi) is 10.4. The molecule has 0 aromatic heterocycles. The Morgan fingerprint density at radius 1 is 0.879 bits per heavy atom. The quantitative estimate of drug-likeness (QED) is 0.293. The van der Waals surface area contributed by atoms with Crippen LogP contribution in [0, 0.1) is 0 Å². The zero-order valence-corrected chi connectivity index (χ0v) is 18.7. The monoisotopic (exact) mass is 473 g/mol. The van der Waals surface area contributed by atoms with Crippen molar-refractivity contribution in [2.45, 2.75) is 36.7 Å². The van der Waals surface area contributed by atoms with Crippen LogP contribution in [0.1, 0.15) is 30.0 Å². The summed E-state index contributed by atoms with van der Waals surface area (Å²) in [5.41, 5.74) is 7.18. The van der Waals surface area contributed by atoms with E-state index in [4.69, 9.17) is 10.8 Å². The molecule has 0 saturated heterocycles. The first kappa shape index (κ1) is 25.9. The van der Waals surface area contributed by atoms with Gasteiger partial charge in [-0.2, -0.15) is 11.8 Å². The van der Waals surface area contributed by atoms with Gasteiger partial charge in [-0.1, -0.05) is 60.7 Å². The molecule has 0 aliphatic heterocycles. The van der Waals surface area contributed by atoms with Gasteiger partial charge in [-0.05, 0) is 17.5 Å². The molecule has 0 radical (unpaired) electrons. The Bertz CT molecular complexity index is 942. The number of nitrogens with one attached hydrogen (secondary N) is 2. The lowest BCUT2D eigenvalue weighted by Crippen LogP contribution is -2.53. The van der Waals surface area contributed by atoms with Crippen molar-refractivity contribution in [1.29, 1.82) is 0 Å². The van der Waals surface area contributed by atoms with Crippen LogP contribution in [0.25, 0.3) is 0 Å². The third-order valence-corrected chi connectivity index (χ3v) is 5.81. The number of hydrogen-bond donors (Lipinski definition) is 5. The van der Waals surface area contributed by atoms with Crippen LogP contribution >= 0.6 is 11.8 Å². The molecule has 0 fully saturated rings. The van der Waals surface area contributed by atoms with Gasteiger partial charge in [-0.3, -0.25) is 14.4 Å². The topological polar surface area (TPSA) is 159 Å². The van der Waals surface area contributed by atoms with Crippen LogP contribution in [0.15, 0.2) is 60.7 Å². The van der Waals surface area contributed by atoms with Crippen molar-refractivity contribution in [3.8, 4) is 0 Å². The number of carbonyl (C=O) groups excluding carboxylic acids is 2. The van der Waals surface area contributed by atoms with Crippen molar-refractivity contribution >= 4 is 35.5 Å². The molecule has 3 atom stereocenters. The highest BCUT2D eigenvalue weighted by molar-refractivity contribution is 7.98. The van der Waals surface area contributed by atoms with Crippen molar-refractivity contribution in [3.63, 3.8) is 0 Å². The SMILES string of the molecule is N[C@@H](CCC(=O)O)C(=O)N[C@@H](CSCc1ccccc1)C(=O)N[C@H](C(=O)O)c1ccccc1. The Balaban J connectivity index is 2.09. The van der Waals surface area contributed by atoms with E-state index in [2.05, 4.69) is 10.6 Å². The number of aliphatic carboxylic acids is 2. The standard InChI is InChI=1S/C23H27N3O6S/c24-17(11-12-19(27)28)21(29)25-18(14-33-13-15-7-3-1-4-8-15)22(30)26-20(23(31)32)16-9-5-2-6-10-16/h1-10,17-18,20H,11-14,24H2,(H,25,29)(H,26,30)(H,27,28)(H,31,32)/t17-,18-,20-/m0/s1. The first-order chi connectivity index (χ1) is 15.8. The fourth-order valence-electron chi connectivity index (χ4n) is 2.92. The normalized spacial score (nSPS) is 13.4. The summed E-state index contributed by atoms with van der Waals surface area (Å²) in [7, 11) is 0. The molecular weight excluding hydrogens is 446 g/mol. The number of nitrogens with two attached hydrogens (primary N) is 1. The van der Waals surface area contributed by atoms with Gasteiger partial charge in [0.1, 0.15) is 6.04 Å². The van der Waals surface area contributed by atoms with E-state index >= 15 is 0 Å². The molecule has 10 heteroatoms. The first-order valence-electron chi connectivity index (χ1n) is 10.3. The van der Waals surface area contributed by atoms with Crippen LogP contribution in [0.5, 0.6) is 0 Å². The zero-order chi connectivity index (χ0) is 24.2. The predicted molar refractivity (Wildman–Crippen MR) is 124 cm³/mol. The van der Waals surface area contributed by atoms with Crippen LogP contribution in [0.2, 0.25) is 0 Å². The van der Waals surface area contributed by atoms with Gasteiger partial charge in [0.05, 0.1) is 6.04 Å². The lowest BCUT2D eigenvalue weighted by molar-refractivity contribution is -0.142. The third kappa shape index (κ3) is 8.95. The van der Waals surface area contributed by atoms with Gasteiger partial charge in [0.25, 0.3) is 0 Å². The second-order valence-electron chi connectivity index (χ2n) is 7.29. The maximum Gasteiger partial charge on any atom is 0.330 e. The smallest absolute Gasteiger partial charge is 0.330 e. The molecule has 2 amide bonds. The largest absolute Gasteiger partial charge is 0.481 e. The molecule has 0 spiro atoms. The van der Waals surface area contributed by atoms with Crippen LogP contribution in [-0.2, 0) is 24.9 Å². The van der Waals surface area contributed by atoms with Gasteiger partial charge in [0.2, 0.25) is 11.8 Å². The molecule has 0 saturated carbocycles. The van der Waals surface area contributed by atoms with Crippen molar-refractivity contribution in [2.75, 3.05) is 5.75 Å². The molecule has 6 N–H and O–H groups in total. The van der Waals surface area contributed by atoms with Gasteiger partial charge in [-0.15, -0.1) is 0 Å². The Labute approximate surface area is 195 Å². The van der Waals surface area contributed by atoms with E-state index in [0.717, 1.165) is 5.56 Å². The second-order valence-corrected chi connectivity index (χ2v) is 8.32. The molecule has 0 unspecified atom stereocenters. The second kappa shape index (κ2) is 13.2. The third-order valence-electron chi connectivity index (χ3n) is 4.70. The van der Waals surface area contributed by atoms with E-state index in [0.29, 0.717) is 11.3 Å². The summed E-state index contributed by atoms with van der Waals surface area (Å²) in [5, 5.41) is 23.4. The number of carbonyl (C=O) groups is 4. The maximum absolute atomic E-state index is 13.0. The zero-order valence-electron chi connectivity index (χ0n) is 17.8. The number of amides is 2. The van der Waals surface area contributed by atoms with Crippen molar-refractivity contribution in [3.05, 3.63) is 71.8 Å². The molecule has 9 nitrogen and oxygen atoms in total. The molecule has 2 rings (SSSR count). The average Bonchev–Trinajstić information content (AvgIpc) is 2.81. The maximum atomic E-state index is 13.0. The Morgan fingerprint density at radius 3 is 2.06 bits per heavy atom. The summed E-state index contributed by atoms with van der Waals surface area (Å²) in [6.45, 7) is 0. The number of benzene rings is 2. The number of carboxylic acid groups (broad SMARTS) is 2. The van der Waals surface area contributed by atoms with Gasteiger partial charge in [0, 0.05) is 17.9 Å². The van der Waals surface area contributed by atoms with Gasteiger partial charge in [0.15, 0.2) is 6.04 Å². The minimum absolute atomic E-state index is 0.0889. The molecule has 2 aromatic rings. The van der Waals surface area contributed by atoms with Gasteiger partial charge < -0.3 is 26.6 Å². The molecule has 0 bridgehead atoms. The predicted octanol–water partition coefficient (Wildman–Crippen LogP) is 1.54. The molecule has 0 aliphatic carbocycles. The number of thioether (sulfide) groups is 1. The molecule has 2 aromatic carbocycles. The fraction of sp³-hybridized carbons (Fsp3) is 0.304. The molecular formula is C23H27N3O6S. The minimum Gasteiger partial charge on any atom is -0.481 e. The van der Waals surface area contributed by atoms with Crippen LogP contribution in [0.4, 0.5) is 0 Å². The van der Waals surface area contributed by atoms with Crippen LogP contribution < -0.4 is 16.4 Å². The minimum atomic E-state index is -1.29. The van der Waals surface area contributed by atoms with Gasteiger partial charge in [-0.25, -0.2) is 4.79 Å². The van der Waals surface area contributed by atoms with Crippen molar-refractivity contribution in [2.24, 2.45) is 5.73 Å². The Morgan fingerprint density at radius 2 is 1.48 bits per heavy atom. The lowest BCUT2D eigenvalue weighted by atomic mass is 10.1. The molecule has 0 heterocycles. The van der Waals surface area contributed by atoms with E-state index in [1.807, 2.05) is 30.3 Å². The lowest BCUT2D eigenvalue weighted by Gasteiger charge is -2.23. The summed E-state index contributed by atoms with van der Waals surface area (Å²) in [6.07, 6.45) is -0.377. The number of hydrogen-bond acceptors (Lipinski definition) is 6. The summed E-state index contributed by atoms with van der Waals surface area (Å²) in [4.78, 5) is 47.9. The molecule has 176 valence electrons.